The Morgan fingerprint density at radius 2 is 1.02 bits per heavy atom. The van der Waals surface area contributed by atoms with Crippen molar-refractivity contribution < 1.29 is 48.3 Å². The number of benzene rings is 2. The zero-order valence-electron chi connectivity index (χ0n) is 23.8. The fourth-order valence-corrected chi connectivity index (χ4v) is 4.76. The Bertz CT molecular complexity index is 2160. The summed E-state index contributed by atoms with van der Waals surface area (Å²) in [5.41, 5.74) is -14.7. The van der Waals surface area contributed by atoms with Crippen LogP contribution in [-0.4, -0.2) is 4.98 Å². The summed E-state index contributed by atoms with van der Waals surface area (Å²) in [6.07, 6.45) is -10.7. The third-order valence-electron chi connectivity index (χ3n) is 6.98. The van der Waals surface area contributed by atoms with E-state index in [0.717, 1.165) is 12.1 Å². The maximum absolute atomic E-state index is 15.3. The summed E-state index contributed by atoms with van der Waals surface area (Å²) in [5, 5.41) is 49.5. The molecule has 6 nitrogen and oxygen atoms in total. The molecule has 1 saturated carbocycles. The van der Waals surface area contributed by atoms with Gasteiger partial charge in [0.05, 0.1) is 51.1 Å². The molecule has 0 N–H and O–H groups in total. The van der Waals surface area contributed by atoms with Crippen LogP contribution in [0.4, 0.5) is 48.3 Å². The van der Waals surface area contributed by atoms with Gasteiger partial charge in [0.15, 0.2) is 17.3 Å². The van der Waals surface area contributed by atoms with Crippen LogP contribution in [0.1, 0.15) is 51.6 Å². The third-order valence-corrected chi connectivity index (χ3v) is 6.98. The van der Waals surface area contributed by atoms with E-state index in [0.29, 0.717) is 31.2 Å². The second-order valence-electron chi connectivity index (χ2n) is 9.97. The summed E-state index contributed by atoms with van der Waals surface area (Å²) < 4.78 is 153. The van der Waals surface area contributed by atoms with Crippen LogP contribution in [0.3, 0.4) is 0 Å². The Morgan fingerprint density at radius 3 is 1.41 bits per heavy atom. The summed E-state index contributed by atoms with van der Waals surface area (Å²) in [7, 11) is 0. The molecule has 1 fully saturated rings. The standard InChI is InChI=1S/C32H9F11N6/c1-30(36,37)15-2-4-17(13(6-15)8-44)19(10-46)22-23(20(11-47)18-5-3-16(31(38,39)40)7-14(18)9-45)24(22)21(12-48)25-26(33)28(32(41,42)43)49-29(35)27(25)34/h2-7H,1H3. The van der Waals surface area contributed by atoms with Crippen molar-refractivity contribution in [2.24, 2.45) is 0 Å². The summed E-state index contributed by atoms with van der Waals surface area (Å²) in [6.45, 7) is 0.469. The van der Waals surface area contributed by atoms with Crippen LogP contribution in [0.5, 0.6) is 0 Å². The van der Waals surface area contributed by atoms with E-state index in [1.54, 1.807) is 12.1 Å². The number of pyridine rings is 1. The van der Waals surface area contributed by atoms with Crippen molar-refractivity contribution in [3.05, 3.63) is 115 Å². The van der Waals surface area contributed by atoms with Gasteiger partial charge in [0.25, 0.3) is 5.92 Å². The van der Waals surface area contributed by atoms with E-state index in [4.69, 9.17) is 0 Å². The first kappa shape index (κ1) is 35.3. The monoisotopic (exact) mass is 686 g/mol. The van der Waals surface area contributed by atoms with E-state index in [2.05, 4.69) is 4.98 Å². The summed E-state index contributed by atoms with van der Waals surface area (Å²) in [5.74, 6) is -11.1. The van der Waals surface area contributed by atoms with Gasteiger partial charge in [-0.05, 0) is 18.2 Å². The second kappa shape index (κ2) is 12.3. The number of rotatable bonds is 4. The van der Waals surface area contributed by atoms with Gasteiger partial charge < -0.3 is 0 Å². The highest BCUT2D eigenvalue weighted by Crippen LogP contribution is 2.57. The minimum atomic E-state index is -5.75. The molecule has 1 heterocycles. The van der Waals surface area contributed by atoms with Gasteiger partial charge in [-0.2, -0.15) is 57.0 Å². The molecule has 49 heavy (non-hydrogen) atoms. The first-order valence-corrected chi connectivity index (χ1v) is 12.9. The molecule has 4 rings (SSSR count). The molecule has 1 aliphatic rings. The van der Waals surface area contributed by atoms with Crippen molar-refractivity contribution in [2.45, 2.75) is 25.2 Å². The highest BCUT2D eigenvalue weighted by atomic mass is 19.4. The van der Waals surface area contributed by atoms with Crippen LogP contribution in [0.2, 0.25) is 0 Å². The Morgan fingerprint density at radius 1 is 0.592 bits per heavy atom. The quantitative estimate of drug-likeness (QED) is 0.153. The lowest BCUT2D eigenvalue weighted by Crippen LogP contribution is -2.16. The van der Waals surface area contributed by atoms with Gasteiger partial charge in [0.2, 0.25) is 5.95 Å². The molecule has 17 heteroatoms. The molecule has 0 radical (unpaired) electrons. The molecule has 1 aliphatic carbocycles. The van der Waals surface area contributed by atoms with E-state index in [-0.39, 0.29) is 0 Å². The van der Waals surface area contributed by atoms with Gasteiger partial charge in [0.1, 0.15) is 18.2 Å². The molecule has 0 atom stereocenters. The molecular weight excluding hydrogens is 677 g/mol. The molecule has 0 bridgehead atoms. The van der Waals surface area contributed by atoms with Crippen molar-refractivity contribution in [1.82, 2.24) is 4.98 Å². The van der Waals surface area contributed by atoms with Gasteiger partial charge >= 0.3 is 12.4 Å². The van der Waals surface area contributed by atoms with Crippen molar-refractivity contribution in [1.29, 1.82) is 26.3 Å². The lowest BCUT2D eigenvalue weighted by molar-refractivity contribution is -0.144. The lowest BCUT2D eigenvalue weighted by atomic mass is 9.95. The van der Waals surface area contributed by atoms with Crippen LogP contribution in [-0.2, 0) is 18.3 Å². The van der Waals surface area contributed by atoms with Gasteiger partial charge in [-0.3, -0.25) is 0 Å². The topological polar surface area (TPSA) is 132 Å². The smallest absolute Gasteiger partial charge is 0.209 e. The maximum Gasteiger partial charge on any atom is 0.436 e. The lowest BCUT2D eigenvalue weighted by Gasteiger charge is -2.12. The number of nitriles is 5. The van der Waals surface area contributed by atoms with Crippen LogP contribution in [0, 0.1) is 74.2 Å². The van der Waals surface area contributed by atoms with Gasteiger partial charge in [-0.25, -0.2) is 22.5 Å². The molecule has 0 spiro atoms. The molecule has 0 saturated heterocycles. The van der Waals surface area contributed by atoms with Gasteiger partial charge in [-0.15, -0.1) is 0 Å². The Hall–Kier alpha value is -6.51. The fraction of sp³-hybridized carbons (Fsp3) is 0.125. The SMILES string of the molecule is CC(F)(F)c1ccc(C(C#N)=C2C(=C(C#N)c3ccc(C(F)(F)F)cc3C#N)C2=C(C#N)c2c(F)c(F)nc(C(F)(F)F)c2F)c(C#N)c1. The molecule has 244 valence electrons. The van der Waals surface area contributed by atoms with Crippen molar-refractivity contribution in [2.75, 3.05) is 0 Å². The molecular formula is C32H9F11N6. The number of allylic oxidation sites excluding steroid dienone is 6. The number of hydrogen-bond donors (Lipinski definition) is 0. The highest BCUT2D eigenvalue weighted by Gasteiger charge is 2.46. The Kier molecular flexibility index (Phi) is 8.84. The van der Waals surface area contributed by atoms with Crippen molar-refractivity contribution in [3.63, 3.8) is 0 Å². The second-order valence-corrected chi connectivity index (χ2v) is 9.97. The van der Waals surface area contributed by atoms with E-state index in [1.807, 2.05) is 0 Å². The maximum atomic E-state index is 15.3. The largest absolute Gasteiger partial charge is 0.436 e. The van der Waals surface area contributed by atoms with Crippen LogP contribution < -0.4 is 0 Å². The molecule has 2 aromatic carbocycles. The van der Waals surface area contributed by atoms with E-state index >= 15 is 8.78 Å². The van der Waals surface area contributed by atoms with E-state index in [9.17, 15) is 65.8 Å². The predicted octanol–water partition coefficient (Wildman–Crippen LogP) is 8.64. The van der Waals surface area contributed by atoms with Crippen LogP contribution >= 0.6 is 0 Å². The molecule has 0 amide bonds. The van der Waals surface area contributed by atoms with E-state index in [1.165, 1.54) is 18.2 Å². The minimum absolute atomic E-state index is 0.309. The third kappa shape index (κ3) is 6.28. The Labute approximate surface area is 267 Å². The van der Waals surface area contributed by atoms with E-state index < -0.39 is 114 Å². The normalized spacial score (nSPS) is 16.0. The van der Waals surface area contributed by atoms with Crippen molar-refractivity contribution >= 4 is 16.7 Å². The summed E-state index contributed by atoms with van der Waals surface area (Å²) in [6, 6.07) is 10.8. The van der Waals surface area contributed by atoms with Gasteiger partial charge in [-0.1, -0.05) is 18.2 Å². The van der Waals surface area contributed by atoms with Crippen LogP contribution in [0.25, 0.3) is 16.7 Å². The fourth-order valence-electron chi connectivity index (χ4n) is 4.76. The zero-order valence-corrected chi connectivity index (χ0v) is 23.8. The number of halogens is 11. The molecule has 0 unspecified atom stereocenters. The number of aromatic nitrogens is 1. The average molecular weight is 686 g/mol. The highest BCUT2D eigenvalue weighted by molar-refractivity contribution is 6.12. The molecule has 1 aromatic heterocycles. The first-order chi connectivity index (χ1) is 22.8. The Balaban J connectivity index is 2.26. The first-order valence-electron chi connectivity index (χ1n) is 12.9. The van der Waals surface area contributed by atoms with Crippen LogP contribution in [0.15, 0.2) is 53.1 Å². The number of alkyl halides is 8. The predicted molar refractivity (Wildman–Crippen MR) is 144 cm³/mol. The van der Waals surface area contributed by atoms with Gasteiger partial charge in [0, 0.05) is 40.3 Å². The zero-order chi connectivity index (χ0) is 36.8. The summed E-state index contributed by atoms with van der Waals surface area (Å²) in [4.78, 5) is 2.21. The van der Waals surface area contributed by atoms with Crippen molar-refractivity contribution in [3.8, 4) is 30.3 Å². The summed E-state index contributed by atoms with van der Waals surface area (Å²) >= 11 is 0. The molecule has 3 aromatic rings. The number of hydrogen-bond acceptors (Lipinski definition) is 6. The molecule has 0 aliphatic heterocycles. The average Bonchev–Trinajstić information content (AvgIpc) is 3.74. The number of nitrogens with zero attached hydrogens (tertiary/aromatic N) is 6. The minimum Gasteiger partial charge on any atom is -0.209 e.